The van der Waals surface area contributed by atoms with Crippen molar-refractivity contribution in [2.24, 2.45) is 0 Å². The van der Waals surface area contributed by atoms with Crippen LogP contribution < -0.4 is 0 Å². The maximum atomic E-state index is 9.60. The van der Waals surface area contributed by atoms with E-state index in [1.165, 1.54) is 16.7 Å². The van der Waals surface area contributed by atoms with Crippen LogP contribution in [0.3, 0.4) is 0 Å². The zero-order chi connectivity index (χ0) is 12.3. The highest BCUT2D eigenvalue weighted by molar-refractivity contribution is 5.65. The molecule has 0 spiro atoms. The van der Waals surface area contributed by atoms with Crippen molar-refractivity contribution in [2.75, 3.05) is 0 Å². The molecule has 0 aromatic heterocycles. The molecular weight excluding hydrogens is 208 g/mol. The van der Waals surface area contributed by atoms with Gasteiger partial charge in [0.15, 0.2) is 0 Å². The predicted molar refractivity (Wildman–Crippen MR) is 71.9 cm³/mol. The van der Waals surface area contributed by atoms with Crippen LogP contribution in [0.2, 0.25) is 0 Å². The molecule has 0 aliphatic carbocycles. The second-order valence-corrected chi connectivity index (χ2v) is 4.36. The van der Waals surface area contributed by atoms with Gasteiger partial charge in [0, 0.05) is 0 Å². The Hall–Kier alpha value is -1.60. The summed E-state index contributed by atoms with van der Waals surface area (Å²) < 4.78 is 0. The number of benzene rings is 2. The molecule has 17 heavy (non-hydrogen) atoms. The summed E-state index contributed by atoms with van der Waals surface area (Å²) in [5.74, 6) is 0. The van der Waals surface area contributed by atoms with Crippen LogP contribution in [0, 0.1) is 0 Å². The monoisotopic (exact) mass is 226 g/mol. The summed E-state index contributed by atoms with van der Waals surface area (Å²) in [7, 11) is 0. The predicted octanol–water partition coefficient (Wildman–Crippen LogP) is 3.97. The SMILES string of the molecule is CCc1cccc(-c2cccc(C(C)O)c2)c1. The largest absolute Gasteiger partial charge is 0.389 e. The molecule has 0 bridgehead atoms. The average molecular weight is 226 g/mol. The first-order chi connectivity index (χ1) is 8.20. The Kier molecular flexibility index (Phi) is 3.60. The smallest absolute Gasteiger partial charge is 0.0762 e. The minimum atomic E-state index is -0.413. The molecule has 1 unspecified atom stereocenters. The molecule has 0 fully saturated rings. The molecule has 0 heterocycles. The van der Waals surface area contributed by atoms with Crippen LogP contribution >= 0.6 is 0 Å². The first-order valence-corrected chi connectivity index (χ1v) is 6.08. The van der Waals surface area contributed by atoms with Crippen molar-refractivity contribution in [1.29, 1.82) is 0 Å². The van der Waals surface area contributed by atoms with Gasteiger partial charge in [-0.3, -0.25) is 0 Å². The Morgan fingerprint density at radius 2 is 1.65 bits per heavy atom. The van der Waals surface area contributed by atoms with E-state index < -0.39 is 6.10 Å². The highest BCUT2D eigenvalue weighted by Crippen LogP contribution is 2.24. The summed E-state index contributed by atoms with van der Waals surface area (Å²) >= 11 is 0. The normalized spacial score (nSPS) is 12.4. The molecule has 2 aromatic carbocycles. The molecule has 2 aromatic rings. The Labute approximate surface area is 103 Å². The van der Waals surface area contributed by atoms with Gasteiger partial charge < -0.3 is 5.11 Å². The van der Waals surface area contributed by atoms with Gasteiger partial charge in [-0.15, -0.1) is 0 Å². The van der Waals surface area contributed by atoms with Crippen LogP contribution in [-0.2, 0) is 6.42 Å². The Morgan fingerprint density at radius 1 is 1.00 bits per heavy atom. The summed E-state index contributed by atoms with van der Waals surface area (Å²) in [4.78, 5) is 0. The van der Waals surface area contributed by atoms with Crippen molar-refractivity contribution in [3.05, 3.63) is 59.7 Å². The fourth-order valence-electron chi connectivity index (χ4n) is 1.95. The maximum Gasteiger partial charge on any atom is 0.0762 e. The number of aliphatic hydroxyl groups excluding tert-OH is 1. The van der Waals surface area contributed by atoms with Gasteiger partial charge in [-0.2, -0.15) is 0 Å². The first-order valence-electron chi connectivity index (χ1n) is 6.08. The molecule has 0 amide bonds. The second-order valence-electron chi connectivity index (χ2n) is 4.36. The number of aliphatic hydroxyl groups is 1. The number of hydrogen-bond donors (Lipinski definition) is 1. The standard InChI is InChI=1S/C16H18O/c1-3-13-6-4-8-15(10-13)16-9-5-7-14(11-16)12(2)17/h4-12,17H,3H2,1-2H3. The molecule has 0 aliphatic rings. The Morgan fingerprint density at radius 3 is 2.29 bits per heavy atom. The van der Waals surface area contributed by atoms with Gasteiger partial charge in [0.05, 0.1) is 6.10 Å². The van der Waals surface area contributed by atoms with E-state index in [9.17, 15) is 5.11 Å². The van der Waals surface area contributed by atoms with Crippen LogP contribution in [0.25, 0.3) is 11.1 Å². The van der Waals surface area contributed by atoms with E-state index in [0.717, 1.165) is 12.0 Å². The highest BCUT2D eigenvalue weighted by Gasteiger charge is 2.03. The lowest BCUT2D eigenvalue weighted by molar-refractivity contribution is 0.199. The molecule has 1 heteroatoms. The minimum absolute atomic E-state index is 0.413. The van der Waals surface area contributed by atoms with E-state index in [1.54, 1.807) is 6.92 Å². The zero-order valence-corrected chi connectivity index (χ0v) is 10.4. The molecule has 0 aliphatic heterocycles. The van der Waals surface area contributed by atoms with Gasteiger partial charge in [0.2, 0.25) is 0 Å². The van der Waals surface area contributed by atoms with E-state index in [4.69, 9.17) is 0 Å². The molecule has 88 valence electrons. The minimum Gasteiger partial charge on any atom is -0.389 e. The lowest BCUT2D eigenvalue weighted by atomic mass is 9.99. The molecule has 0 radical (unpaired) electrons. The van der Waals surface area contributed by atoms with Crippen LogP contribution in [0.15, 0.2) is 48.5 Å². The number of hydrogen-bond acceptors (Lipinski definition) is 1. The molecule has 0 saturated carbocycles. The molecule has 1 N–H and O–H groups in total. The first kappa shape index (κ1) is 11.9. The van der Waals surface area contributed by atoms with Crippen molar-refractivity contribution in [3.8, 4) is 11.1 Å². The number of aryl methyl sites for hydroxylation is 1. The van der Waals surface area contributed by atoms with Crippen LogP contribution in [0.4, 0.5) is 0 Å². The zero-order valence-electron chi connectivity index (χ0n) is 10.4. The van der Waals surface area contributed by atoms with Crippen LogP contribution in [-0.4, -0.2) is 5.11 Å². The van der Waals surface area contributed by atoms with E-state index in [-0.39, 0.29) is 0 Å². The fraction of sp³-hybridized carbons (Fsp3) is 0.250. The molecular formula is C16H18O. The number of rotatable bonds is 3. The van der Waals surface area contributed by atoms with Gasteiger partial charge in [-0.1, -0.05) is 49.4 Å². The van der Waals surface area contributed by atoms with Gasteiger partial charge in [0.1, 0.15) is 0 Å². The van der Waals surface area contributed by atoms with Crippen molar-refractivity contribution >= 4 is 0 Å². The van der Waals surface area contributed by atoms with Crippen molar-refractivity contribution < 1.29 is 5.11 Å². The van der Waals surface area contributed by atoms with Crippen molar-refractivity contribution in [2.45, 2.75) is 26.4 Å². The molecule has 1 nitrogen and oxygen atoms in total. The molecule has 0 saturated heterocycles. The van der Waals surface area contributed by atoms with Crippen molar-refractivity contribution in [1.82, 2.24) is 0 Å². The van der Waals surface area contributed by atoms with Crippen LogP contribution in [0.1, 0.15) is 31.1 Å². The lowest BCUT2D eigenvalue weighted by Crippen LogP contribution is -1.91. The maximum absolute atomic E-state index is 9.60. The summed E-state index contributed by atoms with van der Waals surface area (Å²) in [5.41, 5.74) is 4.68. The summed E-state index contributed by atoms with van der Waals surface area (Å²) in [6.45, 7) is 3.95. The van der Waals surface area contributed by atoms with Gasteiger partial charge in [0.25, 0.3) is 0 Å². The fourth-order valence-corrected chi connectivity index (χ4v) is 1.95. The lowest BCUT2D eigenvalue weighted by Gasteiger charge is -2.08. The Bertz CT molecular complexity index is 500. The Balaban J connectivity index is 2.41. The third-order valence-electron chi connectivity index (χ3n) is 3.04. The summed E-state index contributed by atoms with van der Waals surface area (Å²) in [6, 6.07) is 16.6. The van der Waals surface area contributed by atoms with Gasteiger partial charge in [-0.25, -0.2) is 0 Å². The average Bonchev–Trinajstić information content (AvgIpc) is 2.39. The second kappa shape index (κ2) is 5.15. The quantitative estimate of drug-likeness (QED) is 0.839. The summed E-state index contributed by atoms with van der Waals surface area (Å²) in [5, 5.41) is 9.60. The topological polar surface area (TPSA) is 20.2 Å². The van der Waals surface area contributed by atoms with Crippen LogP contribution in [0.5, 0.6) is 0 Å². The summed E-state index contributed by atoms with van der Waals surface area (Å²) in [6.07, 6.45) is 0.633. The highest BCUT2D eigenvalue weighted by atomic mass is 16.3. The molecule has 2 rings (SSSR count). The van der Waals surface area contributed by atoms with Gasteiger partial charge in [-0.05, 0) is 41.7 Å². The van der Waals surface area contributed by atoms with E-state index >= 15 is 0 Å². The third kappa shape index (κ3) is 2.75. The van der Waals surface area contributed by atoms with E-state index in [2.05, 4.69) is 43.3 Å². The van der Waals surface area contributed by atoms with Gasteiger partial charge >= 0.3 is 0 Å². The third-order valence-corrected chi connectivity index (χ3v) is 3.04. The van der Waals surface area contributed by atoms with E-state index in [0.29, 0.717) is 0 Å². The van der Waals surface area contributed by atoms with Crippen molar-refractivity contribution in [3.63, 3.8) is 0 Å². The molecule has 1 atom stereocenters. The van der Waals surface area contributed by atoms with E-state index in [1.807, 2.05) is 12.1 Å².